The fourth-order valence-electron chi connectivity index (χ4n) is 4.70. The van der Waals surface area contributed by atoms with Gasteiger partial charge in [-0.2, -0.15) is 5.26 Å². The van der Waals surface area contributed by atoms with Crippen molar-refractivity contribution < 1.29 is 19.0 Å². The Labute approximate surface area is 187 Å². The van der Waals surface area contributed by atoms with Crippen LogP contribution in [0.25, 0.3) is 0 Å². The highest BCUT2D eigenvalue weighted by atomic mass is 16.6. The molecule has 32 heavy (non-hydrogen) atoms. The minimum Gasteiger partial charge on any atom is -0.486 e. The predicted octanol–water partition coefficient (Wildman–Crippen LogP) is 2.74. The SMILES string of the molecule is N#Cc1ccc(COC[C@@H]2COc3ccc(C(=O)N[C@H]4CN5CCC4CC5)cc3O2)cc1. The number of hydrogen-bond donors (Lipinski definition) is 1. The molecule has 1 amide bonds. The number of nitrogens with one attached hydrogen (secondary N) is 1. The lowest BCUT2D eigenvalue weighted by molar-refractivity contribution is 0.00266. The highest BCUT2D eigenvalue weighted by molar-refractivity contribution is 5.95. The Bertz CT molecular complexity index is 1010. The van der Waals surface area contributed by atoms with Crippen LogP contribution in [-0.4, -0.2) is 55.8 Å². The van der Waals surface area contributed by atoms with Crippen LogP contribution in [0.3, 0.4) is 0 Å². The number of hydrogen-bond acceptors (Lipinski definition) is 6. The fraction of sp³-hybridized carbons (Fsp3) is 0.440. The lowest BCUT2D eigenvalue weighted by Crippen LogP contribution is -2.57. The number of amides is 1. The standard InChI is InChI=1S/C25H27N3O4/c26-12-17-1-3-18(4-2-17)14-30-15-21-16-31-23-6-5-20(11-24(23)32-21)25(29)27-22-13-28-9-7-19(22)8-10-28/h1-6,11,19,21-22H,7-10,13-16H2,(H,27,29)/t21-,22+/m1/s1. The van der Waals surface area contributed by atoms with Crippen LogP contribution < -0.4 is 14.8 Å². The van der Waals surface area contributed by atoms with Gasteiger partial charge in [-0.1, -0.05) is 12.1 Å². The first-order valence-electron chi connectivity index (χ1n) is 11.2. The molecule has 3 fully saturated rings. The second-order valence-electron chi connectivity index (χ2n) is 8.75. The lowest BCUT2D eigenvalue weighted by atomic mass is 9.84. The lowest BCUT2D eigenvalue weighted by Gasteiger charge is -2.44. The number of fused-ring (bicyclic) bond motifs is 4. The molecule has 2 bridgehead atoms. The van der Waals surface area contributed by atoms with E-state index < -0.39 is 0 Å². The molecule has 7 nitrogen and oxygen atoms in total. The molecule has 2 atom stereocenters. The Balaban J connectivity index is 1.15. The van der Waals surface area contributed by atoms with Crippen LogP contribution in [0.2, 0.25) is 0 Å². The molecule has 0 radical (unpaired) electrons. The van der Waals surface area contributed by atoms with Crippen molar-refractivity contribution in [3.8, 4) is 17.6 Å². The van der Waals surface area contributed by atoms with Crippen LogP contribution in [0.15, 0.2) is 42.5 Å². The average Bonchev–Trinajstić information content (AvgIpc) is 2.85. The monoisotopic (exact) mass is 433 g/mol. The van der Waals surface area contributed by atoms with Crippen molar-refractivity contribution >= 4 is 5.91 Å². The number of carbonyl (C=O) groups is 1. The Morgan fingerprint density at radius 2 is 1.97 bits per heavy atom. The van der Waals surface area contributed by atoms with Gasteiger partial charge in [-0.3, -0.25) is 4.79 Å². The van der Waals surface area contributed by atoms with Crippen LogP contribution in [0, 0.1) is 17.2 Å². The van der Waals surface area contributed by atoms with Crippen LogP contribution in [0.1, 0.15) is 34.3 Å². The fourth-order valence-corrected chi connectivity index (χ4v) is 4.70. The number of piperidine rings is 3. The first-order valence-corrected chi connectivity index (χ1v) is 11.2. The molecule has 0 spiro atoms. The molecule has 0 unspecified atom stereocenters. The quantitative estimate of drug-likeness (QED) is 0.754. The van der Waals surface area contributed by atoms with Gasteiger partial charge in [0.05, 0.1) is 24.8 Å². The Morgan fingerprint density at radius 3 is 2.69 bits per heavy atom. The van der Waals surface area contributed by atoms with Crippen LogP contribution >= 0.6 is 0 Å². The first kappa shape index (κ1) is 20.8. The second-order valence-corrected chi connectivity index (χ2v) is 8.75. The van der Waals surface area contributed by atoms with E-state index in [9.17, 15) is 4.79 Å². The third-order valence-electron chi connectivity index (χ3n) is 6.55. The van der Waals surface area contributed by atoms with Gasteiger partial charge in [-0.05, 0) is 67.7 Å². The molecule has 2 aromatic carbocycles. The maximum atomic E-state index is 12.9. The van der Waals surface area contributed by atoms with E-state index in [1.165, 1.54) is 0 Å². The summed E-state index contributed by atoms with van der Waals surface area (Å²) in [5.41, 5.74) is 2.21. The molecule has 6 rings (SSSR count). The van der Waals surface area contributed by atoms with E-state index in [1.807, 2.05) is 12.1 Å². The molecular weight excluding hydrogens is 406 g/mol. The molecule has 7 heteroatoms. The summed E-state index contributed by atoms with van der Waals surface area (Å²) in [6.45, 7) is 4.44. The Morgan fingerprint density at radius 1 is 1.16 bits per heavy atom. The highest BCUT2D eigenvalue weighted by Gasteiger charge is 2.35. The summed E-state index contributed by atoms with van der Waals surface area (Å²) in [6, 6.07) is 15.0. The van der Waals surface area contributed by atoms with Crippen molar-refractivity contribution in [2.45, 2.75) is 31.6 Å². The van der Waals surface area contributed by atoms with Crippen molar-refractivity contribution in [1.82, 2.24) is 10.2 Å². The zero-order chi connectivity index (χ0) is 21.9. The minimum atomic E-state index is -0.249. The molecule has 1 N–H and O–H groups in total. The molecule has 3 saturated heterocycles. The zero-order valence-corrected chi connectivity index (χ0v) is 18.0. The van der Waals surface area contributed by atoms with E-state index in [4.69, 9.17) is 19.5 Å². The Hall–Kier alpha value is -3.08. The summed E-state index contributed by atoms with van der Waals surface area (Å²) >= 11 is 0. The molecule has 4 aliphatic rings. The largest absolute Gasteiger partial charge is 0.486 e. The average molecular weight is 434 g/mol. The topological polar surface area (TPSA) is 83.8 Å². The number of carbonyl (C=O) groups excluding carboxylic acids is 1. The van der Waals surface area contributed by atoms with Crippen LogP contribution in [-0.2, 0) is 11.3 Å². The van der Waals surface area contributed by atoms with Gasteiger partial charge in [-0.25, -0.2) is 0 Å². The summed E-state index contributed by atoms with van der Waals surface area (Å²) in [4.78, 5) is 15.3. The molecule has 0 aromatic heterocycles. The van der Waals surface area contributed by atoms with Crippen LogP contribution in [0.5, 0.6) is 11.5 Å². The third-order valence-corrected chi connectivity index (χ3v) is 6.55. The highest BCUT2D eigenvalue weighted by Crippen LogP contribution is 2.33. The van der Waals surface area contributed by atoms with Gasteiger partial charge in [0.15, 0.2) is 17.6 Å². The third kappa shape index (κ3) is 4.57. The molecule has 0 saturated carbocycles. The number of rotatable bonds is 6. The first-order chi connectivity index (χ1) is 15.7. The number of benzene rings is 2. The zero-order valence-electron chi connectivity index (χ0n) is 18.0. The summed E-state index contributed by atoms with van der Waals surface area (Å²) in [5.74, 6) is 1.74. The van der Waals surface area contributed by atoms with E-state index >= 15 is 0 Å². The van der Waals surface area contributed by atoms with Crippen molar-refractivity contribution in [2.24, 2.45) is 5.92 Å². The van der Waals surface area contributed by atoms with Gasteiger partial charge < -0.3 is 24.4 Å². The van der Waals surface area contributed by atoms with Crippen molar-refractivity contribution in [2.75, 3.05) is 32.8 Å². The second kappa shape index (κ2) is 9.19. The number of nitriles is 1. The van der Waals surface area contributed by atoms with Gasteiger partial charge in [0.2, 0.25) is 0 Å². The molecule has 4 aliphatic heterocycles. The summed E-state index contributed by atoms with van der Waals surface area (Å²) in [7, 11) is 0. The van der Waals surface area contributed by atoms with E-state index in [1.54, 1.807) is 30.3 Å². The van der Waals surface area contributed by atoms with Crippen molar-refractivity contribution in [3.63, 3.8) is 0 Å². The summed E-state index contributed by atoms with van der Waals surface area (Å²) < 4.78 is 17.7. The minimum absolute atomic E-state index is 0.0608. The van der Waals surface area contributed by atoms with E-state index in [0.717, 1.165) is 38.0 Å². The van der Waals surface area contributed by atoms with E-state index in [-0.39, 0.29) is 18.1 Å². The predicted molar refractivity (Wildman–Crippen MR) is 118 cm³/mol. The summed E-state index contributed by atoms with van der Waals surface area (Å²) in [6.07, 6.45) is 2.08. The van der Waals surface area contributed by atoms with Crippen molar-refractivity contribution in [1.29, 1.82) is 5.26 Å². The maximum Gasteiger partial charge on any atom is 0.251 e. The van der Waals surface area contributed by atoms with Crippen LogP contribution in [0.4, 0.5) is 0 Å². The van der Waals surface area contributed by atoms with Gasteiger partial charge in [-0.15, -0.1) is 0 Å². The molecule has 2 aromatic rings. The molecular formula is C25H27N3O4. The van der Waals surface area contributed by atoms with Gasteiger partial charge in [0.1, 0.15) is 6.61 Å². The number of ether oxygens (including phenoxy) is 3. The Kier molecular flexibility index (Phi) is 5.97. The number of nitrogens with zero attached hydrogens (tertiary/aromatic N) is 2. The normalized spacial score (nSPS) is 25.7. The van der Waals surface area contributed by atoms with Gasteiger partial charge in [0.25, 0.3) is 5.91 Å². The van der Waals surface area contributed by atoms with Gasteiger partial charge in [0, 0.05) is 18.2 Å². The molecule has 4 heterocycles. The summed E-state index contributed by atoms with van der Waals surface area (Å²) in [5, 5.41) is 12.1. The smallest absolute Gasteiger partial charge is 0.251 e. The van der Waals surface area contributed by atoms with E-state index in [0.29, 0.717) is 48.4 Å². The van der Waals surface area contributed by atoms with Crippen molar-refractivity contribution in [3.05, 3.63) is 59.2 Å². The molecule has 0 aliphatic carbocycles. The van der Waals surface area contributed by atoms with Gasteiger partial charge >= 0.3 is 0 Å². The maximum absolute atomic E-state index is 12.9. The van der Waals surface area contributed by atoms with E-state index in [2.05, 4.69) is 16.3 Å². The molecule has 166 valence electrons.